The molecule has 1 aliphatic rings. The van der Waals surface area contributed by atoms with Crippen LogP contribution in [0.4, 0.5) is 16.2 Å². The van der Waals surface area contributed by atoms with E-state index < -0.39 is 22.8 Å². The number of nitrogens with one attached hydrogen (secondary N) is 1. The highest BCUT2D eigenvalue weighted by Crippen LogP contribution is 2.31. The Morgan fingerprint density at radius 3 is 2.61 bits per heavy atom. The molecule has 1 fully saturated rings. The van der Waals surface area contributed by atoms with Gasteiger partial charge in [-0.3, -0.25) is 25.0 Å². The van der Waals surface area contributed by atoms with E-state index in [2.05, 4.69) is 21.2 Å². The van der Waals surface area contributed by atoms with Crippen molar-refractivity contribution in [2.45, 2.75) is 13.5 Å². The second-order valence-corrected chi connectivity index (χ2v) is 9.06. The lowest BCUT2D eigenvalue weighted by Gasteiger charge is -2.27. The van der Waals surface area contributed by atoms with Crippen molar-refractivity contribution in [1.29, 1.82) is 0 Å². The van der Waals surface area contributed by atoms with Gasteiger partial charge in [-0.2, -0.15) is 0 Å². The molecule has 4 amide bonds. The van der Waals surface area contributed by atoms with Crippen LogP contribution in [0.1, 0.15) is 16.7 Å². The first-order valence-corrected chi connectivity index (χ1v) is 11.6. The van der Waals surface area contributed by atoms with E-state index in [0.717, 1.165) is 4.90 Å². The zero-order chi connectivity index (χ0) is 26.0. The normalized spacial score (nSPS) is 14.7. The van der Waals surface area contributed by atoms with Crippen LogP contribution in [0.25, 0.3) is 6.08 Å². The molecule has 0 radical (unpaired) electrons. The first-order valence-electron chi connectivity index (χ1n) is 10.5. The number of ether oxygens (including phenoxy) is 1. The second-order valence-electron chi connectivity index (χ2n) is 7.74. The Kier molecular flexibility index (Phi) is 7.18. The van der Waals surface area contributed by atoms with Crippen molar-refractivity contribution >= 4 is 62.8 Å². The van der Waals surface area contributed by atoms with E-state index >= 15 is 0 Å². The maximum Gasteiger partial charge on any atom is 0.335 e. The summed E-state index contributed by atoms with van der Waals surface area (Å²) in [6.07, 6.45) is 1.32. The summed E-state index contributed by atoms with van der Waals surface area (Å²) >= 11 is 9.53. The molecule has 0 bridgehead atoms. The molecule has 0 aliphatic carbocycles. The van der Waals surface area contributed by atoms with E-state index in [1.54, 1.807) is 55.5 Å². The molecule has 3 aromatic carbocycles. The van der Waals surface area contributed by atoms with Crippen molar-refractivity contribution in [3.05, 3.63) is 103 Å². The van der Waals surface area contributed by atoms with Crippen LogP contribution in [-0.2, 0) is 16.2 Å². The molecular weight excluding hydrogens is 554 g/mol. The van der Waals surface area contributed by atoms with Gasteiger partial charge in [0.15, 0.2) is 0 Å². The number of anilines is 1. The Morgan fingerprint density at radius 1 is 1.11 bits per heavy atom. The summed E-state index contributed by atoms with van der Waals surface area (Å²) in [5, 5.41) is 13.6. The number of carbonyl (C=O) groups is 3. The molecular formula is C25H17BrClN3O6. The average molecular weight is 571 g/mol. The number of halogens is 2. The smallest absolute Gasteiger partial charge is 0.335 e. The summed E-state index contributed by atoms with van der Waals surface area (Å²) in [5.41, 5.74) is 1.34. The first-order chi connectivity index (χ1) is 17.2. The predicted octanol–water partition coefficient (Wildman–Crippen LogP) is 5.56. The third-order valence-electron chi connectivity index (χ3n) is 5.37. The second kappa shape index (κ2) is 10.3. The van der Waals surface area contributed by atoms with Gasteiger partial charge in [-0.05, 0) is 54.5 Å². The van der Waals surface area contributed by atoms with Gasteiger partial charge in [0.25, 0.3) is 17.5 Å². The van der Waals surface area contributed by atoms with E-state index in [9.17, 15) is 24.5 Å². The average Bonchev–Trinajstić information content (AvgIpc) is 2.84. The van der Waals surface area contributed by atoms with Crippen molar-refractivity contribution in [2.24, 2.45) is 0 Å². The van der Waals surface area contributed by atoms with Gasteiger partial charge in [0, 0.05) is 27.2 Å². The maximum atomic E-state index is 13.3. The van der Waals surface area contributed by atoms with Gasteiger partial charge >= 0.3 is 6.03 Å². The number of rotatable bonds is 6. The fourth-order valence-electron chi connectivity index (χ4n) is 3.55. The van der Waals surface area contributed by atoms with E-state index in [1.807, 2.05) is 0 Å². The highest BCUT2D eigenvalue weighted by Gasteiger charge is 2.37. The van der Waals surface area contributed by atoms with Crippen LogP contribution in [0.3, 0.4) is 0 Å². The molecule has 1 N–H and O–H groups in total. The number of nitro groups is 1. The van der Waals surface area contributed by atoms with Gasteiger partial charge in [-0.1, -0.05) is 45.7 Å². The van der Waals surface area contributed by atoms with E-state index in [-0.39, 0.29) is 23.6 Å². The monoisotopic (exact) mass is 569 g/mol. The molecule has 0 saturated carbocycles. The molecule has 36 heavy (non-hydrogen) atoms. The van der Waals surface area contributed by atoms with Gasteiger partial charge in [0.2, 0.25) is 0 Å². The van der Waals surface area contributed by atoms with Gasteiger partial charge in [0.05, 0.1) is 10.6 Å². The number of urea groups is 1. The molecule has 182 valence electrons. The third kappa shape index (κ3) is 5.14. The maximum absolute atomic E-state index is 13.3. The molecule has 9 nitrogen and oxygen atoms in total. The molecule has 4 rings (SSSR count). The van der Waals surface area contributed by atoms with Gasteiger partial charge < -0.3 is 4.74 Å². The van der Waals surface area contributed by atoms with Crippen molar-refractivity contribution in [1.82, 2.24) is 5.32 Å². The first kappa shape index (κ1) is 25.1. The summed E-state index contributed by atoms with van der Waals surface area (Å²) in [5.74, 6) is -1.36. The number of barbiturate groups is 1. The van der Waals surface area contributed by atoms with Crippen LogP contribution in [0.5, 0.6) is 5.75 Å². The fraction of sp³-hybridized carbons (Fsp3) is 0.0800. The zero-order valence-corrected chi connectivity index (χ0v) is 21.0. The number of nitrogens with zero attached hydrogens (tertiary/aromatic N) is 2. The summed E-state index contributed by atoms with van der Waals surface area (Å²) in [6, 6.07) is 14.9. The number of hydrogen-bond donors (Lipinski definition) is 1. The highest BCUT2D eigenvalue weighted by molar-refractivity contribution is 9.10. The molecule has 0 atom stereocenters. The number of carbonyl (C=O) groups excluding carboxylic acids is 3. The van der Waals surface area contributed by atoms with Gasteiger partial charge in [-0.15, -0.1) is 0 Å². The summed E-state index contributed by atoms with van der Waals surface area (Å²) in [7, 11) is 0. The number of nitro benzene ring substituents is 1. The standard InChI is InChI=1S/C25H17BrClN3O6/c1-14-20(27)6-3-7-21(14)29-24(32)19(23(31)28-25(29)33)12-16-11-17(26)8-9-22(16)36-13-15-4-2-5-18(10-15)30(34)35/h2-12H,13H2,1H3,(H,28,31,33)/b19-12+. The van der Waals surface area contributed by atoms with Crippen LogP contribution in [0.2, 0.25) is 5.02 Å². The Hall–Kier alpha value is -4.02. The van der Waals surface area contributed by atoms with E-state index in [0.29, 0.717) is 31.9 Å². The lowest BCUT2D eigenvalue weighted by molar-refractivity contribution is -0.384. The van der Waals surface area contributed by atoms with Gasteiger partial charge in [-0.25, -0.2) is 9.69 Å². The summed E-state index contributed by atoms with van der Waals surface area (Å²) in [6.45, 7) is 1.66. The Labute approximate surface area is 218 Å². The van der Waals surface area contributed by atoms with Crippen molar-refractivity contribution in [3.63, 3.8) is 0 Å². The topological polar surface area (TPSA) is 119 Å². The number of hydrogen-bond acceptors (Lipinski definition) is 6. The zero-order valence-electron chi connectivity index (χ0n) is 18.7. The molecule has 1 heterocycles. The minimum absolute atomic E-state index is 0.00590. The lowest BCUT2D eigenvalue weighted by atomic mass is 10.0. The minimum atomic E-state index is -0.885. The van der Waals surface area contributed by atoms with Gasteiger partial charge in [0.1, 0.15) is 17.9 Å². The van der Waals surface area contributed by atoms with Crippen LogP contribution in [0.15, 0.2) is 70.7 Å². The molecule has 1 saturated heterocycles. The summed E-state index contributed by atoms with van der Waals surface area (Å²) < 4.78 is 6.52. The Bertz CT molecular complexity index is 1460. The van der Waals surface area contributed by atoms with Crippen LogP contribution in [0, 0.1) is 17.0 Å². The third-order valence-corrected chi connectivity index (χ3v) is 6.27. The van der Waals surface area contributed by atoms with Crippen molar-refractivity contribution in [3.8, 4) is 5.75 Å². The predicted molar refractivity (Wildman–Crippen MR) is 137 cm³/mol. The largest absolute Gasteiger partial charge is 0.488 e. The fourth-order valence-corrected chi connectivity index (χ4v) is 4.10. The molecule has 3 aromatic rings. The summed E-state index contributed by atoms with van der Waals surface area (Å²) in [4.78, 5) is 49.9. The SMILES string of the molecule is Cc1c(Cl)cccc1N1C(=O)NC(=O)/C(=C\c2cc(Br)ccc2OCc2cccc([N+](=O)[O-])c2)C1=O. The molecule has 0 spiro atoms. The van der Waals surface area contributed by atoms with Crippen LogP contribution in [-0.4, -0.2) is 22.8 Å². The quantitative estimate of drug-likeness (QED) is 0.179. The molecule has 1 aliphatic heterocycles. The van der Waals surface area contributed by atoms with E-state index in [4.69, 9.17) is 16.3 Å². The lowest BCUT2D eigenvalue weighted by Crippen LogP contribution is -2.54. The molecule has 0 aromatic heterocycles. The minimum Gasteiger partial charge on any atom is -0.488 e. The van der Waals surface area contributed by atoms with E-state index in [1.165, 1.54) is 18.2 Å². The molecule has 0 unspecified atom stereocenters. The van der Waals surface area contributed by atoms with Crippen molar-refractivity contribution < 1.29 is 24.0 Å². The van der Waals surface area contributed by atoms with Crippen LogP contribution < -0.4 is 15.0 Å². The number of benzene rings is 3. The number of imide groups is 2. The molecule has 11 heteroatoms. The Balaban J connectivity index is 1.68. The number of amides is 4. The van der Waals surface area contributed by atoms with Crippen molar-refractivity contribution in [2.75, 3.05) is 4.90 Å². The number of non-ortho nitro benzene ring substituents is 1. The highest BCUT2D eigenvalue weighted by atomic mass is 79.9. The van der Waals surface area contributed by atoms with Crippen LogP contribution >= 0.6 is 27.5 Å². The Morgan fingerprint density at radius 2 is 1.86 bits per heavy atom.